The molecule has 0 spiro atoms. The molecule has 0 aromatic heterocycles. The van der Waals surface area contributed by atoms with Crippen molar-refractivity contribution in [1.82, 2.24) is 0 Å². The fourth-order valence-corrected chi connectivity index (χ4v) is 1.72. The van der Waals surface area contributed by atoms with E-state index >= 15 is 0 Å². The molecular formula is C6H6N6O2S. The zero-order valence-electron chi connectivity index (χ0n) is 7.35. The second-order valence-corrected chi connectivity index (χ2v) is 3.88. The van der Waals surface area contributed by atoms with E-state index in [-0.39, 0.29) is 10.6 Å². The predicted molar refractivity (Wildman–Crippen MR) is 51.5 cm³/mol. The van der Waals surface area contributed by atoms with Crippen LogP contribution in [0.2, 0.25) is 0 Å². The van der Waals surface area contributed by atoms with E-state index < -0.39 is 10.0 Å². The molecule has 1 rings (SSSR count). The highest BCUT2D eigenvalue weighted by Crippen LogP contribution is 2.25. The van der Waals surface area contributed by atoms with E-state index in [2.05, 4.69) is 19.8 Å². The highest BCUT2D eigenvalue weighted by molar-refractivity contribution is 7.90. The fourth-order valence-electron chi connectivity index (χ4n) is 0.912. The Balaban J connectivity index is 3.44. The van der Waals surface area contributed by atoms with Gasteiger partial charge in [0.1, 0.15) is 10.6 Å². The van der Waals surface area contributed by atoms with Crippen molar-refractivity contribution in [3.63, 3.8) is 0 Å². The summed E-state index contributed by atoms with van der Waals surface area (Å²) >= 11 is 0. The fraction of sp³-hybridized carbons (Fsp3) is 0. The van der Waals surface area contributed by atoms with Gasteiger partial charge >= 0.3 is 0 Å². The number of benzene rings is 1. The van der Waals surface area contributed by atoms with Crippen LogP contribution in [-0.4, -0.2) is 8.42 Å². The molecule has 1 aromatic carbocycles. The molecule has 0 atom stereocenters. The molecular weight excluding hydrogens is 220 g/mol. The van der Waals surface area contributed by atoms with Crippen LogP contribution in [0.15, 0.2) is 44.0 Å². The number of rotatable bonds is 3. The number of nitrogens with two attached hydrogens (primary N) is 1. The van der Waals surface area contributed by atoms with E-state index in [4.69, 9.17) is 11.4 Å². The second kappa shape index (κ2) is 4.40. The number of nitrogens with zero attached hydrogens (tertiary/aromatic N) is 5. The first kappa shape index (κ1) is 11.0. The molecule has 1 aromatic rings. The molecule has 9 heteroatoms. The van der Waals surface area contributed by atoms with Crippen LogP contribution in [0, 0.1) is 0 Å². The standard InChI is InChI=1S/C6H6N6O2S/c7-10-9-5-3-1-2-4-6(5)15(13,14)12-11-8/h1-4H,(H2,7,9). The number of sulfonamides is 1. The van der Waals surface area contributed by atoms with E-state index in [0.717, 1.165) is 0 Å². The van der Waals surface area contributed by atoms with Gasteiger partial charge in [-0.25, -0.2) is 8.42 Å². The van der Waals surface area contributed by atoms with Crippen molar-refractivity contribution < 1.29 is 8.42 Å². The minimum atomic E-state index is -4.06. The monoisotopic (exact) mass is 226 g/mol. The first-order valence-electron chi connectivity index (χ1n) is 3.63. The second-order valence-electron chi connectivity index (χ2n) is 2.33. The van der Waals surface area contributed by atoms with Gasteiger partial charge in [0.2, 0.25) is 0 Å². The van der Waals surface area contributed by atoms with Gasteiger partial charge in [-0.05, 0) is 17.7 Å². The molecule has 0 saturated carbocycles. The van der Waals surface area contributed by atoms with Gasteiger partial charge in [0.05, 0.1) is 0 Å². The summed E-state index contributed by atoms with van der Waals surface area (Å²) in [6, 6.07) is 5.65. The number of hydrogen-bond donors (Lipinski definition) is 1. The molecule has 0 aliphatic carbocycles. The molecule has 0 saturated heterocycles. The summed E-state index contributed by atoms with van der Waals surface area (Å²) in [5.74, 6) is 4.81. The van der Waals surface area contributed by atoms with Gasteiger partial charge in [0, 0.05) is 9.43 Å². The van der Waals surface area contributed by atoms with Gasteiger partial charge in [0.15, 0.2) is 0 Å². The Kier molecular flexibility index (Phi) is 3.21. The molecule has 0 fully saturated rings. The Morgan fingerprint density at radius 3 is 2.60 bits per heavy atom. The maximum absolute atomic E-state index is 11.4. The average Bonchev–Trinajstić information content (AvgIpc) is 2.19. The van der Waals surface area contributed by atoms with E-state index in [1.165, 1.54) is 18.2 Å². The predicted octanol–water partition coefficient (Wildman–Crippen LogP) is 1.64. The van der Waals surface area contributed by atoms with E-state index in [1.54, 1.807) is 6.07 Å². The van der Waals surface area contributed by atoms with Crippen molar-refractivity contribution >= 4 is 15.7 Å². The average molecular weight is 226 g/mol. The molecule has 0 aliphatic heterocycles. The Morgan fingerprint density at radius 1 is 1.33 bits per heavy atom. The maximum Gasteiger partial charge on any atom is 0.266 e. The third kappa shape index (κ3) is 2.42. The van der Waals surface area contributed by atoms with E-state index in [1.807, 2.05) is 0 Å². The van der Waals surface area contributed by atoms with Gasteiger partial charge in [-0.1, -0.05) is 17.4 Å². The molecule has 0 unspecified atom stereocenters. The van der Waals surface area contributed by atoms with Crippen LogP contribution in [0.4, 0.5) is 5.69 Å². The molecule has 0 amide bonds. The van der Waals surface area contributed by atoms with Crippen LogP contribution in [0.3, 0.4) is 0 Å². The quantitative estimate of drug-likeness (QED) is 0.276. The maximum atomic E-state index is 11.4. The van der Waals surface area contributed by atoms with E-state index in [0.29, 0.717) is 0 Å². The third-order valence-corrected chi connectivity index (χ3v) is 2.64. The normalized spacial score (nSPS) is 11.2. The Bertz CT molecular complexity index is 530. The van der Waals surface area contributed by atoms with Gasteiger partial charge in [-0.2, -0.15) is 0 Å². The largest absolute Gasteiger partial charge is 0.305 e. The number of azide groups is 1. The van der Waals surface area contributed by atoms with Gasteiger partial charge in [-0.15, -0.1) is 5.11 Å². The van der Waals surface area contributed by atoms with Crippen molar-refractivity contribution in [2.75, 3.05) is 0 Å². The molecule has 0 heterocycles. The molecule has 2 N–H and O–H groups in total. The van der Waals surface area contributed by atoms with Crippen LogP contribution in [0.25, 0.3) is 10.4 Å². The summed E-state index contributed by atoms with van der Waals surface area (Å²) in [5.41, 5.74) is 8.11. The molecule has 0 aliphatic rings. The summed E-state index contributed by atoms with van der Waals surface area (Å²) < 4.78 is 25.4. The minimum Gasteiger partial charge on any atom is -0.305 e. The highest BCUT2D eigenvalue weighted by Gasteiger charge is 2.16. The van der Waals surface area contributed by atoms with Crippen LogP contribution in [-0.2, 0) is 10.0 Å². The zero-order valence-corrected chi connectivity index (χ0v) is 8.16. The summed E-state index contributed by atoms with van der Waals surface area (Å²) in [5, 5.41) is 6.36. The van der Waals surface area contributed by atoms with Crippen LogP contribution in [0.5, 0.6) is 0 Å². The van der Waals surface area contributed by atoms with Crippen LogP contribution in [0.1, 0.15) is 0 Å². The Labute approximate surface area is 85.1 Å². The van der Waals surface area contributed by atoms with Crippen LogP contribution >= 0.6 is 0 Å². The zero-order chi connectivity index (χ0) is 11.3. The van der Waals surface area contributed by atoms with Crippen LogP contribution < -0.4 is 5.84 Å². The lowest BCUT2D eigenvalue weighted by atomic mass is 10.3. The van der Waals surface area contributed by atoms with Gasteiger partial charge in [0.25, 0.3) is 10.0 Å². The van der Waals surface area contributed by atoms with Crippen molar-refractivity contribution in [3.8, 4) is 0 Å². The molecule has 8 nitrogen and oxygen atoms in total. The number of hydrogen-bond acceptors (Lipinski definition) is 4. The summed E-state index contributed by atoms with van der Waals surface area (Å²) in [4.78, 5) is 1.98. The smallest absolute Gasteiger partial charge is 0.266 e. The summed E-state index contributed by atoms with van der Waals surface area (Å²) in [6.07, 6.45) is 0. The van der Waals surface area contributed by atoms with Crippen molar-refractivity contribution in [2.45, 2.75) is 4.90 Å². The highest BCUT2D eigenvalue weighted by atomic mass is 32.2. The molecule has 0 radical (unpaired) electrons. The van der Waals surface area contributed by atoms with Crippen molar-refractivity contribution in [2.24, 2.45) is 20.7 Å². The molecule has 78 valence electrons. The van der Waals surface area contributed by atoms with Crippen molar-refractivity contribution in [1.29, 1.82) is 0 Å². The minimum absolute atomic E-state index is 0.0207. The van der Waals surface area contributed by atoms with Crippen molar-refractivity contribution in [3.05, 3.63) is 34.7 Å². The van der Waals surface area contributed by atoms with Gasteiger partial charge in [-0.3, -0.25) is 0 Å². The molecule has 15 heavy (non-hydrogen) atoms. The van der Waals surface area contributed by atoms with E-state index in [9.17, 15) is 8.42 Å². The lowest BCUT2D eigenvalue weighted by Crippen LogP contribution is -1.95. The Hall–Kier alpha value is -2.12. The lowest BCUT2D eigenvalue weighted by molar-refractivity contribution is 0.597. The first-order chi connectivity index (χ1) is 7.11. The summed E-state index contributed by atoms with van der Waals surface area (Å²) in [7, 11) is -4.06. The molecule has 0 bridgehead atoms. The first-order valence-corrected chi connectivity index (χ1v) is 5.07. The Morgan fingerprint density at radius 2 is 2.00 bits per heavy atom. The van der Waals surface area contributed by atoms with Gasteiger partial charge < -0.3 is 5.84 Å². The topological polar surface area (TPSA) is 134 Å². The summed E-state index contributed by atoms with van der Waals surface area (Å²) in [6.45, 7) is 0. The lowest BCUT2D eigenvalue weighted by Gasteiger charge is -1.99. The SMILES string of the molecule is [N-]=[N+]=NS(=O)(=O)c1ccccc1N=NN. The third-order valence-electron chi connectivity index (χ3n) is 1.45.